The molecule has 2 aromatic carbocycles. The van der Waals surface area contributed by atoms with Crippen LogP contribution in [0.2, 0.25) is 0 Å². The van der Waals surface area contributed by atoms with Crippen molar-refractivity contribution in [3.8, 4) is 5.75 Å². The Morgan fingerprint density at radius 1 is 1.07 bits per heavy atom. The zero-order valence-corrected chi connectivity index (χ0v) is 16.0. The number of halogens is 1. The van der Waals surface area contributed by atoms with Gasteiger partial charge in [-0.3, -0.25) is 20.4 Å². The molecule has 0 saturated heterocycles. The van der Waals surface area contributed by atoms with Gasteiger partial charge < -0.3 is 9.26 Å². The summed E-state index contributed by atoms with van der Waals surface area (Å²) in [6.07, 6.45) is 0.00471. The maximum Gasteiger partial charge on any atom is 0.273 e. The van der Waals surface area contributed by atoms with Crippen molar-refractivity contribution in [2.24, 2.45) is 0 Å². The molecule has 3 aromatic rings. The van der Waals surface area contributed by atoms with E-state index in [4.69, 9.17) is 9.26 Å². The first-order chi connectivity index (χ1) is 13.9. The molecule has 29 heavy (non-hydrogen) atoms. The molecule has 0 saturated carbocycles. The van der Waals surface area contributed by atoms with Crippen LogP contribution >= 0.6 is 0 Å². The second kappa shape index (κ2) is 9.01. The van der Waals surface area contributed by atoms with E-state index >= 15 is 0 Å². The minimum atomic E-state index is -0.521. The standard InChI is InChI=1S/C21H20FN3O4/c1-13-18(14(2)29-25-13)12-28-19-6-4-3-5-17(19)21(27)24-23-20(26)11-15-7-9-16(22)10-8-15/h3-10H,11-12H2,1-2H3,(H,23,26)(H,24,27). The third kappa shape index (κ3) is 5.19. The SMILES string of the molecule is Cc1noc(C)c1COc1ccccc1C(=O)NNC(=O)Cc1ccc(F)cc1. The van der Waals surface area contributed by atoms with E-state index in [-0.39, 0.29) is 24.4 Å². The van der Waals surface area contributed by atoms with Gasteiger partial charge in [0, 0.05) is 0 Å². The second-order valence-electron chi connectivity index (χ2n) is 6.39. The van der Waals surface area contributed by atoms with Crippen LogP contribution in [0.1, 0.15) is 32.9 Å². The van der Waals surface area contributed by atoms with Gasteiger partial charge in [-0.05, 0) is 43.7 Å². The molecule has 1 aromatic heterocycles. The lowest BCUT2D eigenvalue weighted by Gasteiger charge is -2.12. The minimum absolute atomic E-state index is 0.00471. The molecule has 7 nitrogen and oxygen atoms in total. The molecule has 3 rings (SSSR count). The van der Waals surface area contributed by atoms with Crippen LogP contribution in [0.5, 0.6) is 5.75 Å². The Morgan fingerprint density at radius 3 is 2.48 bits per heavy atom. The largest absolute Gasteiger partial charge is 0.488 e. The highest BCUT2D eigenvalue weighted by molar-refractivity contribution is 5.97. The fraction of sp³-hybridized carbons (Fsp3) is 0.190. The van der Waals surface area contributed by atoms with Crippen LogP contribution < -0.4 is 15.6 Å². The summed E-state index contributed by atoms with van der Waals surface area (Å²) in [5.74, 6) is -0.322. The Bertz CT molecular complexity index is 996. The molecule has 1 heterocycles. The summed E-state index contributed by atoms with van der Waals surface area (Å²) in [7, 11) is 0. The molecule has 0 aliphatic carbocycles. The smallest absolute Gasteiger partial charge is 0.273 e. The van der Waals surface area contributed by atoms with Gasteiger partial charge in [0.1, 0.15) is 23.9 Å². The molecule has 0 unspecified atom stereocenters. The highest BCUT2D eigenvalue weighted by Crippen LogP contribution is 2.21. The predicted molar refractivity (Wildman–Crippen MR) is 102 cm³/mol. The predicted octanol–water partition coefficient (Wildman–Crippen LogP) is 3.01. The molecule has 0 aliphatic rings. The normalized spacial score (nSPS) is 10.4. The lowest BCUT2D eigenvalue weighted by Crippen LogP contribution is -2.42. The first-order valence-corrected chi connectivity index (χ1v) is 8.91. The number of nitrogens with zero attached hydrogens (tertiary/aromatic N) is 1. The molecule has 8 heteroatoms. The molecule has 0 atom stereocenters. The van der Waals surface area contributed by atoms with Crippen molar-refractivity contribution in [3.63, 3.8) is 0 Å². The second-order valence-corrected chi connectivity index (χ2v) is 6.39. The van der Waals surface area contributed by atoms with Gasteiger partial charge in [-0.25, -0.2) is 4.39 Å². The van der Waals surface area contributed by atoms with E-state index in [0.29, 0.717) is 17.1 Å². The number of aryl methyl sites for hydroxylation is 2. The van der Waals surface area contributed by atoms with Gasteiger partial charge in [0.05, 0.1) is 23.2 Å². The monoisotopic (exact) mass is 397 g/mol. The number of hydrazine groups is 1. The van der Waals surface area contributed by atoms with Crippen LogP contribution in [0.25, 0.3) is 0 Å². The summed E-state index contributed by atoms with van der Waals surface area (Å²) in [6, 6.07) is 12.2. The number of hydrogen-bond donors (Lipinski definition) is 2. The molecule has 2 N–H and O–H groups in total. The summed E-state index contributed by atoms with van der Waals surface area (Å²) >= 11 is 0. The van der Waals surface area contributed by atoms with Crippen LogP contribution in [0.3, 0.4) is 0 Å². The van der Waals surface area contributed by atoms with Crippen molar-refractivity contribution in [1.29, 1.82) is 0 Å². The molecule has 0 fully saturated rings. The zero-order valence-electron chi connectivity index (χ0n) is 16.0. The first-order valence-electron chi connectivity index (χ1n) is 8.91. The number of benzene rings is 2. The number of ether oxygens (including phenoxy) is 1. The Hall–Kier alpha value is -3.68. The van der Waals surface area contributed by atoms with Crippen LogP contribution in [0, 0.1) is 19.7 Å². The zero-order chi connectivity index (χ0) is 20.8. The summed E-state index contributed by atoms with van der Waals surface area (Å²) in [5, 5.41) is 3.87. The molecule has 0 aliphatic heterocycles. The van der Waals surface area contributed by atoms with Crippen molar-refractivity contribution in [2.45, 2.75) is 26.9 Å². The van der Waals surface area contributed by atoms with E-state index in [0.717, 1.165) is 11.3 Å². The number of amides is 2. The number of nitrogens with one attached hydrogen (secondary N) is 2. The van der Waals surface area contributed by atoms with Crippen LogP contribution in [0.4, 0.5) is 4.39 Å². The van der Waals surface area contributed by atoms with Crippen LogP contribution in [-0.4, -0.2) is 17.0 Å². The molecular formula is C21H20FN3O4. The maximum atomic E-state index is 12.9. The highest BCUT2D eigenvalue weighted by atomic mass is 19.1. The molecule has 2 amide bonds. The lowest BCUT2D eigenvalue weighted by molar-refractivity contribution is -0.121. The fourth-order valence-corrected chi connectivity index (χ4v) is 2.66. The van der Waals surface area contributed by atoms with E-state index in [1.54, 1.807) is 31.2 Å². The van der Waals surface area contributed by atoms with Crippen molar-refractivity contribution >= 4 is 11.8 Å². The van der Waals surface area contributed by atoms with Crippen LogP contribution in [-0.2, 0) is 17.8 Å². The molecule has 0 spiro atoms. The molecule has 0 bridgehead atoms. The number of hydrogen-bond acceptors (Lipinski definition) is 5. The first kappa shape index (κ1) is 20.1. The summed E-state index contributed by atoms with van der Waals surface area (Å²) in [4.78, 5) is 24.5. The van der Waals surface area contributed by atoms with Gasteiger partial charge in [-0.1, -0.05) is 29.4 Å². The quantitative estimate of drug-likeness (QED) is 0.624. The lowest BCUT2D eigenvalue weighted by atomic mass is 10.1. The van der Waals surface area contributed by atoms with Gasteiger partial charge in [0.15, 0.2) is 0 Å². The Balaban J connectivity index is 1.59. The fourth-order valence-electron chi connectivity index (χ4n) is 2.66. The molecule has 0 radical (unpaired) electrons. The Morgan fingerprint density at radius 2 is 1.79 bits per heavy atom. The Labute approximate surface area is 166 Å². The summed E-state index contributed by atoms with van der Waals surface area (Å²) < 4.78 is 23.8. The number of carbonyl (C=O) groups is 2. The Kier molecular flexibility index (Phi) is 6.23. The average Bonchev–Trinajstić information content (AvgIpc) is 3.04. The third-order valence-corrected chi connectivity index (χ3v) is 4.28. The van der Waals surface area contributed by atoms with Gasteiger partial charge >= 0.3 is 0 Å². The summed E-state index contributed by atoms with van der Waals surface area (Å²) in [5.41, 5.74) is 7.13. The van der Waals surface area contributed by atoms with E-state index in [1.807, 2.05) is 6.92 Å². The third-order valence-electron chi connectivity index (χ3n) is 4.28. The highest BCUT2D eigenvalue weighted by Gasteiger charge is 2.15. The van der Waals surface area contributed by atoms with E-state index in [9.17, 15) is 14.0 Å². The number of carbonyl (C=O) groups excluding carboxylic acids is 2. The number of aromatic nitrogens is 1. The van der Waals surface area contributed by atoms with Crippen LogP contribution in [0.15, 0.2) is 53.1 Å². The van der Waals surface area contributed by atoms with E-state index in [1.165, 1.54) is 24.3 Å². The van der Waals surface area contributed by atoms with Gasteiger partial charge in [0.25, 0.3) is 5.91 Å². The number of rotatable bonds is 6. The van der Waals surface area contributed by atoms with Crippen molar-refractivity contribution in [3.05, 3.63) is 82.5 Å². The van der Waals surface area contributed by atoms with E-state index < -0.39 is 11.8 Å². The van der Waals surface area contributed by atoms with Gasteiger partial charge in [0.2, 0.25) is 5.91 Å². The molecular weight excluding hydrogens is 377 g/mol. The summed E-state index contributed by atoms with van der Waals surface area (Å²) in [6.45, 7) is 3.79. The van der Waals surface area contributed by atoms with Crippen molar-refractivity contribution in [1.82, 2.24) is 16.0 Å². The number of para-hydroxylation sites is 1. The minimum Gasteiger partial charge on any atom is -0.488 e. The van der Waals surface area contributed by atoms with Gasteiger partial charge in [-0.2, -0.15) is 0 Å². The topological polar surface area (TPSA) is 93.5 Å². The van der Waals surface area contributed by atoms with E-state index in [2.05, 4.69) is 16.0 Å². The van der Waals surface area contributed by atoms with Gasteiger partial charge in [-0.15, -0.1) is 0 Å². The van der Waals surface area contributed by atoms with Crippen molar-refractivity contribution in [2.75, 3.05) is 0 Å². The average molecular weight is 397 g/mol. The van der Waals surface area contributed by atoms with Crippen molar-refractivity contribution < 1.29 is 23.2 Å². The maximum absolute atomic E-state index is 12.9. The molecule has 150 valence electrons.